The molecule has 0 aliphatic rings. The number of rotatable bonds is 6. The van der Waals surface area contributed by atoms with Gasteiger partial charge in [-0.05, 0) is 25.1 Å². The van der Waals surface area contributed by atoms with Gasteiger partial charge in [0, 0.05) is 24.7 Å². The summed E-state index contributed by atoms with van der Waals surface area (Å²) in [5.74, 6) is 2.64. The van der Waals surface area contributed by atoms with E-state index in [1.165, 1.54) is 5.56 Å². The van der Waals surface area contributed by atoms with Crippen LogP contribution in [-0.4, -0.2) is 16.3 Å². The van der Waals surface area contributed by atoms with Crippen LogP contribution < -0.4 is 5.32 Å². The summed E-state index contributed by atoms with van der Waals surface area (Å²) >= 11 is 0. The molecule has 0 fully saturated rings. The second kappa shape index (κ2) is 6.63. The van der Waals surface area contributed by atoms with Crippen LogP contribution in [-0.2, 0) is 6.54 Å². The first-order valence-corrected chi connectivity index (χ1v) is 6.13. The predicted molar refractivity (Wildman–Crippen MR) is 73.3 cm³/mol. The fraction of sp³-hybridized carbons (Fsp3) is 0.267. The predicted octanol–water partition coefficient (Wildman–Crippen LogP) is 2.38. The van der Waals surface area contributed by atoms with E-state index in [2.05, 4.69) is 16.3 Å². The van der Waals surface area contributed by atoms with Crippen molar-refractivity contribution < 1.29 is 0 Å². The Bertz CT molecular complexity index is 508. The van der Waals surface area contributed by atoms with Gasteiger partial charge in [-0.15, -0.1) is 12.3 Å². The lowest BCUT2D eigenvalue weighted by atomic mass is 10.3. The number of unbranched alkanes of at least 4 members (excludes halogenated alkanes) is 1. The van der Waals surface area contributed by atoms with Crippen LogP contribution in [0, 0.1) is 12.3 Å². The van der Waals surface area contributed by atoms with Crippen LogP contribution in [0.25, 0.3) is 5.69 Å². The van der Waals surface area contributed by atoms with Crippen molar-refractivity contribution >= 4 is 0 Å². The van der Waals surface area contributed by atoms with Gasteiger partial charge in [0.05, 0.1) is 11.9 Å². The third kappa shape index (κ3) is 3.47. The summed E-state index contributed by atoms with van der Waals surface area (Å²) in [4.78, 5) is 0. The maximum Gasteiger partial charge on any atom is 0.0645 e. The Morgan fingerprint density at radius 1 is 1.28 bits per heavy atom. The zero-order valence-electron chi connectivity index (χ0n) is 10.3. The molecular weight excluding hydrogens is 222 g/mol. The van der Waals surface area contributed by atoms with E-state index in [1.807, 2.05) is 47.4 Å². The molecule has 2 aromatic rings. The first kappa shape index (κ1) is 12.4. The Balaban J connectivity index is 1.86. The van der Waals surface area contributed by atoms with Gasteiger partial charge in [-0.2, -0.15) is 5.10 Å². The molecule has 0 spiro atoms. The molecule has 1 N–H and O–H groups in total. The van der Waals surface area contributed by atoms with Crippen LogP contribution in [0.5, 0.6) is 0 Å². The van der Waals surface area contributed by atoms with E-state index in [4.69, 9.17) is 6.42 Å². The molecule has 0 aliphatic heterocycles. The molecule has 18 heavy (non-hydrogen) atoms. The zero-order valence-corrected chi connectivity index (χ0v) is 10.3. The standard InChI is InChI=1S/C15H17N3/c1-2-3-7-10-16-11-14-12-17-18(13-14)15-8-5-4-6-9-15/h1,4-6,8-9,12-13,16H,3,7,10-11H2. The van der Waals surface area contributed by atoms with Crippen molar-refractivity contribution in [3.63, 3.8) is 0 Å². The summed E-state index contributed by atoms with van der Waals surface area (Å²) < 4.78 is 1.89. The van der Waals surface area contributed by atoms with Crippen LogP contribution in [0.1, 0.15) is 18.4 Å². The molecule has 2 rings (SSSR count). The molecule has 0 saturated heterocycles. The number of nitrogens with zero attached hydrogens (tertiary/aromatic N) is 2. The highest BCUT2D eigenvalue weighted by atomic mass is 15.3. The summed E-state index contributed by atoms with van der Waals surface area (Å²) in [5.41, 5.74) is 2.26. The second-order valence-corrected chi connectivity index (χ2v) is 4.11. The van der Waals surface area contributed by atoms with Crippen molar-refractivity contribution in [3.8, 4) is 18.0 Å². The highest BCUT2D eigenvalue weighted by Gasteiger charge is 1.99. The monoisotopic (exact) mass is 239 g/mol. The molecule has 3 heteroatoms. The van der Waals surface area contributed by atoms with Gasteiger partial charge in [0.25, 0.3) is 0 Å². The fourth-order valence-electron chi connectivity index (χ4n) is 1.72. The molecule has 1 aromatic heterocycles. The Hall–Kier alpha value is -2.05. The average Bonchev–Trinajstić information content (AvgIpc) is 2.88. The maximum atomic E-state index is 5.20. The topological polar surface area (TPSA) is 29.9 Å². The van der Waals surface area contributed by atoms with E-state index in [9.17, 15) is 0 Å². The average molecular weight is 239 g/mol. The number of hydrogen-bond donors (Lipinski definition) is 1. The summed E-state index contributed by atoms with van der Waals surface area (Å²) in [6, 6.07) is 10.1. The highest BCUT2D eigenvalue weighted by molar-refractivity contribution is 5.30. The van der Waals surface area contributed by atoms with Crippen molar-refractivity contribution in [1.82, 2.24) is 15.1 Å². The molecular formula is C15H17N3. The van der Waals surface area contributed by atoms with E-state index in [-0.39, 0.29) is 0 Å². The van der Waals surface area contributed by atoms with Crippen molar-refractivity contribution in [2.24, 2.45) is 0 Å². The largest absolute Gasteiger partial charge is 0.313 e. The zero-order chi connectivity index (χ0) is 12.6. The van der Waals surface area contributed by atoms with E-state index >= 15 is 0 Å². The summed E-state index contributed by atoms with van der Waals surface area (Å²) in [6.07, 6.45) is 11.0. The maximum absolute atomic E-state index is 5.20. The molecule has 0 aliphatic carbocycles. The summed E-state index contributed by atoms with van der Waals surface area (Å²) in [5, 5.41) is 7.70. The highest BCUT2D eigenvalue weighted by Crippen LogP contribution is 2.07. The quantitative estimate of drug-likeness (QED) is 0.619. The molecule has 0 radical (unpaired) electrons. The number of aromatic nitrogens is 2. The van der Waals surface area contributed by atoms with Crippen molar-refractivity contribution in [2.45, 2.75) is 19.4 Å². The lowest BCUT2D eigenvalue weighted by Gasteiger charge is -2.01. The molecule has 0 bridgehead atoms. The van der Waals surface area contributed by atoms with E-state index < -0.39 is 0 Å². The minimum absolute atomic E-state index is 0.830. The normalized spacial score (nSPS) is 10.2. The number of hydrogen-bond acceptors (Lipinski definition) is 2. The fourth-order valence-corrected chi connectivity index (χ4v) is 1.72. The first-order valence-electron chi connectivity index (χ1n) is 6.13. The smallest absolute Gasteiger partial charge is 0.0645 e. The SMILES string of the molecule is C#CCCCNCc1cnn(-c2ccccc2)c1. The first-order chi connectivity index (χ1) is 8.90. The molecule has 0 saturated carbocycles. The summed E-state index contributed by atoms with van der Waals surface area (Å²) in [7, 11) is 0. The number of terminal acetylenes is 1. The van der Waals surface area contributed by atoms with E-state index in [1.54, 1.807) is 0 Å². The Morgan fingerprint density at radius 2 is 2.11 bits per heavy atom. The summed E-state index contributed by atoms with van der Waals surface area (Å²) in [6.45, 7) is 1.78. The van der Waals surface area contributed by atoms with Gasteiger partial charge < -0.3 is 5.32 Å². The Labute approximate surface area is 108 Å². The third-order valence-corrected chi connectivity index (χ3v) is 2.66. The van der Waals surface area contributed by atoms with Gasteiger partial charge >= 0.3 is 0 Å². The molecule has 1 heterocycles. The van der Waals surface area contributed by atoms with Gasteiger partial charge in [-0.25, -0.2) is 4.68 Å². The molecule has 0 amide bonds. The number of benzene rings is 1. The van der Waals surface area contributed by atoms with Crippen LogP contribution in [0.4, 0.5) is 0 Å². The van der Waals surface area contributed by atoms with Crippen molar-refractivity contribution in [1.29, 1.82) is 0 Å². The van der Waals surface area contributed by atoms with Crippen molar-refractivity contribution in [2.75, 3.05) is 6.54 Å². The van der Waals surface area contributed by atoms with Crippen LogP contribution in [0.15, 0.2) is 42.7 Å². The Kier molecular flexibility index (Phi) is 4.57. The molecule has 92 valence electrons. The van der Waals surface area contributed by atoms with Gasteiger partial charge in [-0.3, -0.25) is 0 Å². The lowest BCUT2D eigenvalue weighted by Crippen LogP contribution is -2.14. The van der Waals surface area contributed by atoms with Gasteiger partial charge in [-0.1, -0.05) is 18.2 Å². The van der Waals surface area contributed by atoms with E-state index in [0.29, 0.717) is 0 Å². The molecule has 1 aromatic carbocycles. The van der Waals surface area contributed by atoms with Crippen LogP contribution in [0.2, 0.25) is 0 Å². The second-order valence-electron chi connectivity index (χ2n) is 4.11. The number of nitrogens with one attached hydrogen (secondary N) is 1. The molecule has 3 nitrogen and oxygen atoms in total. The minimum atomic E-state index is 0.830. The molecule has 0 unspecified atom stereocenters. The van der Waals surface area contributed by atoms with E-state index in [0.717, 1.165) is 31.6 Å². The minimum Gasteiger partial charge on any atom is -0.313 e. The van der Waals surface area contributed by atoms with Gasteiger partial charge in [0.1, 0.15) is 0 Å². The molecule has 0 atom stereocenters. The van der Waals surface area contributed by atoms with Crippen LogP contribution in [0.3, 0.4) is 0 Å². The van der Waals surface area contributed by atoms with Crippen molar-refractivity contribution in [3.05, 3.63) is 48.3 Å². The number of para-hydroxylation sites is 1. The van der Waals surface area contributed by atoms with Crippen LogP contribution >= 0.6 is 0 Å². The lowest BCUT2D eigenvalue weighted by molar-refractivity contribution is 0.659. The third-order valence-electron chi connectivity index (χ3n) is 2.66. The Morgan fingerprint density at radius 3 is 2.89 bits per heavy atom. The van der Waals surface area contributed by atoms with Gasteiger partial charge in [0.15, 0.2) is 0 Å². The van der Waals surface area contributed by atoms with Gasteiger partial charge in [0.2, 0.25) is 0 Å².